The van der Waals surface area contributed by atoms with Crippen LogP contribution in [0.1, 0.15) is 37.8 Å². The first kappa shape index (κ1) is 14.3. The Bertz CT molecular complexity index is 491. The van der Waals surface area contributed by atoms with Gasteiger partial charge in [0.05, 0.1) is 25.1 Å². The second kappa shape index (κ2) is 5.99. The van der Waals surface area contributed by atoms with Crippen molar-refractivity contribution in [3.05, 3.63) is 11.9 Å². The monoisotopic (exact) mass is 295 g/mol. The smallest absolute Gasteiger partial charge is 0.318 e. The third-order valence-corrected chi connectivity index (χ3v) is 4.81. The van der Waals surface area contributed by atoms with E-state index in [-0.39, 0.29) is 24.8 Å². The summed E-state index contributed by atoms with van der Waals surface area (Å²) in [6.45, 7) is 0.190. The molecule has 1 aromatic rings. The molecule has 0 radical (unpaired) electrons. The number of rotatable bonds is 4. The number of piperidine rings is 1. The molecule has 2 atom stereocenters. The Hall–Kier alpha value is -1.66. The van der Waals surface area contributed by atoms with Crippen LogP contribution < -0.4 is 5.32 Å². The van der Waals surface area contributed by atoms with Crippen LogP contribution in [0.25, 0.3) is 0 Å². The van der Waals surface area contributed by atoms with Crippen molar-refractivity contribution in [1.29, 1.82) is 0 Å². The maximum atomic E-state index is 12.5. The number of alkyl halides is 1. The second-order valence-corrected chi connectivity index (χ2v) is 6.12. The third-order valence-electron chi connectivity index (χ3n) is 4.81. The molecule has 3 rings (SSSR count). The van der Waals surface area contributed by atoms with Gasteiger partial charge in [0.2, 0.25) is 0 Å². The maximum absolute atomic E-state index is 12.5. The number of nitrogens with zero attached hydrogens (tertiary/aromatic N) is 4. The molecule has 0 saturated carbocycles. The van der Waals surface area contributed by atoms with Crippen LogP contribution in [0.15, 0.2) is 6.20 Å². The summed E-state index contributed by atoms with van der Waals surface area (Å²) in [6.07, 6.45) is 6.29. The van der Waals surface area contributed by atoms with E-state index in [0.717, 1.165) is 31.4 Å². The number of hydrogen-bond donors (Lipinski definition) is 1. The molecule has 3 heterocycles. The van der Waals surface area contributed by atoms with Crippen LogP contribution in [0.2, 0.25) is 0 Å². The molecule has 7 heteroatoms. The van der Waals surface area contributed by atoms with Gasteiger partial charge in [0.25, 0.3) is 0 Å². The van der Waals surface area contributed by atoms with Gasteiger partial charge in [-0.05, 0) is 38.0 Å². The van der Waals surface area contributed by atoms with E-state index in [1.165, 1.54) is 0 Å². The summed E-state index contributed by atoms with van der Waals surface area (Å²) >= 11 is 0. The molecule has 1 aromatic heterocycles. The fraction of sp³-hybridized carbons (Fsp3) is 0.786. The fourth-order valence-corrected chi connectivity index (χ4v) is 3.74. The zero-order chi connectivity index (χ0) is 14.8. The van der Waals surface area contributed by atoms with Crippen LogP contribution in [0.3, 0.4) is 0 Å². The van der Waals surface area contributed by atoms with Gasteiger partial charge in [0, 0.05) is 19.1 Å². The highest BCUT2D eigenvalue weighted by molar-refractivity contribution is 5.75. The van der Waals surface area contributed by atoms with Crippen molar-refractivity contribution in [3.63, 3.8) is 0 Å². The zero-order valence-electron chi connectivity index (χ0n) is 12.3. The van der Waals surface area contributed by atoms with Gasteiger partial charge in [-0.2, -0.15) is 0 Å². The van der Waals surface area contributed by atoms with Crippen molar-refractivity contribution in [1.82, 2.24) is 25.2 Å². The second-order valence-electron chi connectivity index (χ2n) is 6.12. The summed E-state index contributed by atoms with van der Waals surface area (Å²) in [5.41, 5.74) is 0.878. The van der Waals surface area contributed by atoms with E-state index in [0.29, 0.717) is 18.9 Å². The molecular weight excluding hydrogens is 273 g/mol. The lowest BCUT2D eigenvalue weighted by atomic mass is 9.89. The predicted octanol–water partition coefficient (Wildman–Crippen LogP) is 1.63. The number of halogens is 1. The maximum Gasteiger partial charge on any atom is 0.318 e. The van der Waals surface area contributed by atoms with Gasteiger partial charge < -0.3 is 10.2 Å². The average Bonchev–Trinajstić information content (AvgIpc) is 2.98. The minimum absolute atomic E-state index is 0.0117. The number of aryl methyl sites for hydroxylation is 1. The molecule has 0 spiro atoms. The van der Waals surface area contributed by atoms with E-state index in [9.17, 15) is 9.18 Å². The minimum Gasteiger partial charge on any atom is -0.332 e. The normalized spacial score (nSPS) is 27.9. The average molecular weight is 295 g/mol. The van der Waals surface area contributed by atoms with Crippen LogP contribution in [0.5, 0.6) is 0 Å². The molecule has 6 nitrogen and oxygen atoms in total. The zero-order valence-corrected chi connectivity index (χ0v) is 12.3. The number of fused-ring (bicyclic) bond motifs is 2. The van der Waals surface area contributed by atoms with E-state index in [2.05, 4.69) is 15.6 Å². The summed E-state index contributed by atoms with van der Waals surface area (Å²) in [5, 5.41) is 10.6. The quantitative estimate of drug-likeness (QED) is 0.918. The van der Waals surface area contributed by atoms with Crippen molar-refractivity contribution >= 4 is 6.03 Å². The number of amides is 2. The van der Waals surface area contributed by atoms with Crippen molar-refractivity contribution in [2.75, 3.05) is 6.67 Å². The highest BCUT2D eigenvalue weighted by atomic mass is 19.1. The van der Waals surface area contributed by atoms with Crippen molar-refractivity contribution < 1.29 is 9.18 Å². The van der Waals surface area contributed by atoms with Crippen LogP contribution in [-0.4, -0.2) is 44.7 Å². The number of carbonyl (C=O) groups excluding carboxylic acids is 1. The molecule has 2 saturated heterocycles. The van der Waals surface area contributed by atoms with E-state index < -0.39 is 0 Å². The molecule has 2 aliphatic heterocycles. The first-order valence-corrected chi connectivity index (χ1v) is 7.64. The van der Waals surface area contributed by atoms with Gasteiger partial charge in [0.1, 0.15) is 0 Å². The molecule has 2 bridgehead atoms. The summed E-state index contributed by atoms with van der Waals surface area (Å²) in [7, 11) is 1.81. The molecule has 0 aliphatic carbocycles. The Labute approximate surface area is 123 Å². The Morgan fingerprint density at radius 2 is 2.14 bits per heavy atom. The fourth-order valence-electron chi connectivity index (χ4n) is 3.74. The molecular formula is C14H22FN5O. The van der Waals surface area contributed by atoms with Crippen LogP contribution in [0.4, 0.5) is 9.18 Å². The Morgan fingerprint density at radius 1 is 1.43 bits per heavy atom. The number of nitrogens with one attached hydrogen (secondary N) is 1. The summed E-state index contributed by atoms with van der Waals surface area (Å²) in [4.78, 5) is 14.4. The number of hydrogen-bond acceptors (Lipinski definition) is 3. The molecule has 2 fully saturated rings. The van der Waals surface area contributed by atoms with Crippen LogP contribution in [-0.2, 0) is 13.6 Å². The van der Waals surface area contributed by atoms with Gasteiger partial charge >= 0.3 is 6.03 Å². The summed E-state index contributed by atoms with van der Waals surface area (Å²) in [5.74, 6) is 0.442. The minimum atomic E-state index is -0.246. The number of aromatic nitrogens is 3. The molecule has 1 N–H and O–H groups in total. The van der Waals surface area contributed by atoms with Crippen molar-refractivity contribution in [3.8, 4) is 0 Å². The largest absolute Gasteiger partial charge is 0.332 e. The number of urea groups is 1. The summed E-state index contributed by atoms with van der Waals surface area (Å²) < 4.78 is 14.2. The molecule has 2 aliphatic rings. The van der Waals surface area contributed by atoms with E-state index >= 15 is 0 Å². The molecule has 2 unspecified atom stereocenters. The van der Waals surface area contributed by atoms with Gasteiger partial charge in [-0.25, -0.2) is 4.79 Å². The first-order valence-electron chi connectivity index (χ1n) is 7.64. The third kappa shape index (κ3) is 2.87. The summed E-state index contributed by atoms with van der Waals surface area (Å²) in [6, 6.07) is 0.553. The molecule has 21 heavy (non-hydrogen) atoms. The van der Waals surface area contributed by atoms with Gasteiger partial charge in [-0.1, -0.05) is 5.21 Å². The highest BCUT2D eigenvalue weighted by Crippen LogP contribution is 2.39. The van der Waals surface area contributed by atoms with Crippen molar-refractivity contribution in [2.45, 2.75) is 50.7 Å². The van der Waals surface area contributed by atoms with Crippen LogP contribution >= 0.6 is 0 Å². The standard InChI is InChI=1S/C14H22FN5O/c1-19-13(9-17-18-19)8-16-14(21)20-11-2-3-12(20)7-10(6-11)4-5-15/h9-12H,2-8H2,1H3,(H,16,21). The first-order chi connectivity index (χ1) is 10.2. The number of carbonyl (C=O) groups is 1. The lowest BCUT2D eigenvalue weighted by Crippen LogP contribution is -2.50. The Balaban J connectivity index is 1.57. The Morgan fingerprint density at radius 3 is 2.71 bits per heavy atom. The Kier molecular flexibility index (Phi) is 4.07. The van der Waals surface area contributed by atoms with Crippen LogP contribution in [0, 0.1) is 5.92 Å². The molecule has 2 amide bonds. The van der Waals surface area contributed by atoms with Gasteiger partial charge in [-0.15, -0.1) is 5.10 Å². The lowest BCUT2D eigenvalue weighted by Gasteiger charge is -2.38. The van der Waals surface area contributed by atoms with Crippen molar-refractivity contribution in [2.24, 2.45) is 13.0 Å². The van der Waals surface area contributed by atoms with E-state index in [1.54, 1.807) is 17.9 Å². The molecule has 0 aromatic carbocycles. The van der Waals surface area contributed by atoms with Gasteiger partial charge in [0.15, 0.2) is 0 Å². The predicted molar refractivity (Wildman–Crippen MR) is 75.2 cm³/mol. The molecule has 116 valence electrons. The van der Waals surface area contributed by atoms with E-state index in [1.807, 2.05) is 4.90 Å². The van der Waals surface area contributed by atoms with Gasteiger partial charge in [-0.3, -0.25) is 9.07 Å². The highest BCUT2D eigenvalue weighted by Gasteiger charge is 2.42. The topological polar surface area (TPSA) is 63.1 Å². The SMILES string of the molecule is Cn1nncc1CNC(=O)N1C2CCC1CC(CCF)C2. The lowest BCUT2D eigenvalue weighted by molar-refractivity contribution is 0.116. The van der Waals surface area contributed by atoms with E-state index in [4.69, 9.17) is 0 Å².